The average molecular weight is 226 g/mol. The van der Waals surface area contributed by atoms with E-state index in [-0.39, 0.29) is 5.69 Å². The first-order valence-electron chi connectivity index (χ1n) is 5.28. The Morgan fingerprint density at radius 3 is 2.82 bits per heavy atom. The first-order valence-corrected chi connectivity index (χ1v) is 5.28. The van der Waals surface area contributed by atoms with Gasteiger partial charge >= 0.3 is 5.69 Å². The number of benzene rings is 1. The van der Waals surface area contributed by atoms with Crippen LogP contribution >= 0.6 is 0 Å². The van der Waals surface area contributed by atoms with Gasteiger partial charge in [-0.1, -0.05) is 30.3 Å². The van der Waals surface area contributed by atoms with Gasteiger partial charge in [-0.05, 0) is 5.56 Å². The number of nitrogens with one attached hydrogen (secondary N) is 1. The molecule has 0 fully saturated rings. The molecule has 2 aromatic heterocycles. The summed E-state index contributed by atoms with van der Waals surface area (Å²) in [6.45, 7) is 0. The van der Waals surface area contributed by atoms with Crippen LogP contribution in [-0.4, -0.2) is 19.6 Å². The molecule has 0 spiro atoms. The molecule has 0 atom stereocenters. The van der Waals surface area contributed by atoms with Crippen molar-refractivity contribution >= 4 is 5.52 Å². The standard InChI is InChI=1S/C12H10N4O/c17-12-15-14-8-10-7-13-11(16(10)12)6-9-4-2-1-3-5-9/h1-5,7-8H,6H2,(H,15,17). The Kier molecular flexibility index (Phi) is 2.22. The highest BCUT2D eigenvalue weighted by Gasteiger charge is 2.07. The third kappa shape index (κ3) is 1.71. The van der Waals surface area contributed by atoms with Crippen LogP contribution in [0.2, 0.25) is 0 Å². The van der Waals surface area contributed by atoms with Crippen LogP contribution in [-0.2, 0) is 6.42 Å². The van der Waals surface area contributed by atoms with Crippen molar-refractivity contribution in [1.29, 1.82) is 0 Å². The SMILES string of the molecule is O=c1[nH]ncc2cnc(Cc3ccccc3)n12. The van der Waals surface area contributed by atoms with Crippen molar-refractivity contribution < 1.29 is 0 Å². The summed E-state index contributed by atoms with van der Waals surface area (Å²) in [5, 5.41) is 6.14. The molecule has 1 N–H and O–H groups in total. The number of nitrogens with zero attached hydrogens (tertiary/aromatic N) is 3. The van der Waals surface area contributed by atoms with E-state index in [1.54, 1.807) is 16.8 Å². The fraction of sp³-hybridized carbons (Fsp3) is 0.0833. The Morgan fingerprint density at radius 1 is 1.18 bits per heavy atom. The Morgan fingerprint density at radius 2 is 2.00 bits per heavy atom. The summed E-state index contributed by atoms with van der Waals surface area (Å²) in [5.41, 5.74) is 1.57. The smallest absolute Gasteiger partial charge is 0.246 e. The lowest BCUT2D eigenvalue weighted by Crippen LogP contribution is -2.19. The van der Waals surface area contributed by atoms with Crippen molar-refractivity contribution in [3.8, 4) is 0 Å². The molecular weight excluding hydrogens is 216 g/mol. The maximum atomic E-state index is 11.7. The second-order valence-electron chi connectivity index (χ2n) is 3.77. The average Bonchev–Trinajstić information content (AvgIpc) is 2.75. The minimum Gasteiger partial charge on any atom is -0.246 e. The van der Waals surface area contributed by atoms with Gasteiger partial charge in [-0.15, -0.1) is 0 Å². The monoisotopic (exact) mass is 226 g/mol. The van der Waals surface area contributed by atoms with Crippen molar-refractivity contribution in [1.82, 2.24) is 19.6 Å². The van der Waals surface area contributed by atoms with Crippen molar-refractivity contribution in [2.75, 3.05) is 0 Å². The zero-order valence-corrected chi connectivity index (χ0v) is 9.00. The lowest BCUT2D eigenvalue weighted by Gasteiger charge is -2.00. The predicted molar refractivity (Wildman–Crippen MR) is 62.9 cm³/mol. The molecule has 5 heteroatoms. The molecule has 3 rings (SSSR count). The Labute approximate surface area is 96.8 Å². The number of hydrogen-bond donors (Lipinski definition) is 1. The summed E-state index contributed by atoms with van der Waals surface area (Å²) in [4.78, 5) is 15.9. The molecule has 5 nitrogen and oxygen atoms in total. The van der Waals surface area contributed by atoms with Crippen molar-refractivity contribution in [3.63, 3.8) is 0 Å². The number of rotatable bonds is 2. The van der Waals surface area contributed by atoms with Crippen LogP contribution in [0.5, 0.6) is 0 Å². The van der Waals surface area contributed by atoms with Crippen LogP contribution in [0.25, 0.3) is 5.52 Å². The third-order valence-corrected chi connectivity index (χ3v) is 2.63. The van der Waals surface area contributed by atoms with E-state index in [0.29, 0.717) is 11.9 Å². The molecule has 0 aliphatic carbocycles. The quantitative estimate of drug-likeness (QED) is 0.709. The van der Waals surface area contributed by atoms with Crippen LogP contribution in [0.1, 0.15) is 11.4 Å². The van der Waals surface area contributed by atoms with Crippen LogP contribution in [0.4, 0.5) is 0 Å². The normalized spacial score (nSPS) is 10.8. The first-order chi connectivity index (χ1) is 8.34. The summed E-state index contributed by atoms with van der Waals surface area (Å²) in [6.07, 6.45) is 3.87. The molecule has 0 bridgehead atoms. The maximum Gasteiger partial charge on any atom is 0.347 e. The van der Waals surface area contributed by atoms with Crippen LogP contribution in [0, 0.1) is 0 Å². The second kappa shape index (κ2) is 3.86. The topological polar surface area (TPSA) is 63.0 Å². The van der Waals surface area contributed by atoms with Crippen molar-refractivity contribution in [2.24, 2.45) is 0 Å². The number of imidazole rings is 1. The van der Waals surface area contributed by atoms with Gasteiger partial charge in [0.05, 0.1) is 17.9 Å². The minimum atomic E-state index is -0.258. The van der Waals surface area contributed by atoms with E-state index in [2.05, 4.69) is 15.2 Å². The lowest BCUT2D eigenvalue weighted by atomic mass is 10.1. The zero-order chi connectivity index (χ0) is 11.7. The highest BCUT2D eigenvalue weighted by molar-refractivity contribution is 5.42. The van der Waals surface area contributed by atoms with E-state index in [9.17, 15) is 4.79 Å². The summed E-state index contributed by atoms with van der Waals surface area (Å²) in [7, 11) is 0. The summed E-state index contributed by atoms with van der Waals surface area (Å²) in [6, 6.07) is 9.92. The Balaban J connectivity index is 2.10. The molecule has 1 aromatic carbocycles. The number of aromatic nitrogens is 4. The van der Waals surface area contributed by atoms with Gasteiger partial charge in [0.1, 0.15) is 5.82 Å². The van der Waals surface area contributed by atoms with Gasteiger partial charge in [0.15, 0.2) is 0 Å². The molecule has 0 aliphatic heterocycles. The molecule has 0 aliphatic rings. The first kappa shape index (κ1) is 9.77. The summed E-state index contributed by atoms with van der Waals surface area (Å²) in [5.74, 6) is 0.717. The highest BCUT2D eigenvalue weighted by atomic mass is 16.1. The molecule has 84 valence electrons. The molecule has 17 heavy (non-hydrogen) atoms. The van der Waals surface area contributed by atoms with Gasteiger partial charge in [0.2, 0.25) is 0 Å². The van der Waals surface area contributed by atoms with E-state index in [1.807, 2.05) is 30.3 Å². The molecule has 0 saturated heterocycles. The minimum absolute atomic E-state index is 0.258. The molecule has 0 unspecified atom stereocenters. The maximum absolute atomic E-state index is 11.7. The van der Waals surface area contributed by atoms with Crippen LogP contribution < -0.4 is 5.69 Å². The number of fused-ring (bicyclic) bond motifs is 1. The third-order valence-electron chi connectivity index (χ3n) is 2.63. The highest BCUT2D eigenvalue weighted by Crippen LogP contribution is 2.08. The van der Waals surface area contributed by atoms with Gasteiger partial charge in [0.25, 0.3) is 0 Å². The van der Waals surface area contributed by atoms with E-state index < -0.39 is 0 Å². The molecule has 0 radical (unpaired) electrons. The van der Waals surface area contributed by atoms with Gasteiger partial charge < -0.3 is 0 Å². The number of aromatic amines is 1. The Hall–Kier alpha value is -2.43. The molecule has 3 aromatic rings. The van der Waals surface area contributed by atoms with Crippen LogP contribution in [0.15, 0.2) is 47.5 Å². The molecule has 0 saturated carbocycles. The number of H-pyrrole nitrogens is 1. The van der Waals surface area contributed by atoms with E-state index in [0.717, 1.165) is 11.4 Å². The van der Waals surface area contributed by atoms with Crippen LogP contribution in [0.3, 0.4) is 0 Å². The molecule has 0 amide bonds. The second-order valence-corrected chi connectivity index (χ2v) is 3.77. The van der Waals surface area contributed by atoms with E-state index >= 15 is 0 Å². The van der Waals surface area contributed by atoms with Gasteiger partial charge in [0, 0.05) is 6.42 Å². The number of hydrogen-bond acceptors (Lipinski definition) is 3. The largest absolute Gasteiger partial charge is 0.347 e. The predicted octanol–water partition coefficient (Wildman–Crippen LogP) is 1.01. The van der Waals surface area contributed by atoms with E-state index in [4.69, 9.17) is 0 Å². The lowest BCUT2D eigenvalue weighted by molar-refractivity contribution is 0.840. The van der Waals surface area contributed by atoms with E-state index in [1.165, 1.54) is 0 Å². The fourth-order valence-corrected chi connectivity index (χ4v) is 1.84. The summed E-state index contributed by atoms with van der Waals surface area (Å²) < 4.78 is 1.54. The van der Waals surface area contributed by atoms with Gasteiger partial charge in [-0.2, -0.15) is 5.10 Å². The fourth-order valence-electron chi connectivity index (χ4n) is 1.84. The van der Waals surface area contributed by atoms with Gasteiger partial charge in [-0.25, -0.2) is 19.3 Å². The molecule has 2 heterocycles. The summed E-state index contributed by atoms with van der Waals surface area (Å²) >= 11 is 0. The Bertz CT molecular complexity index is 699. The van der Waals surface area contributed by atoms with Crippen molar-refractivity contribution in [3.05, 3.63) is 64.6 Å². The zero-order valence-electron chi connectivity index (χ0n) is 9.00. The van der Waals surface area contributed by atoms with Crippen molar-refractivity contribution in [2.45, 2.75) is 6.42 Å². The van der Waals surface area contributed by atoms with Gasteiger partial charge in [-0.3, -0.25) is 0 Å². The molecular formula is C12H10N4O.